The van der Waals surface area contributed by atoms with Crippen LogP contribution < -0.4 is 0 Å². The van der Waals surface area contributed by atoms with Crippen molar-refractivity contribution in [2.75, 3.05) is 13.1 Å². The Morgan fingerprint density at radius 3 is 2.64 bits per heavy atom. The number of hydrogen-bond donors (Lipinski definition) is 0. The summed E-state index contributed by atoms with van der Waals surface area (Å²) in [7, 11) is 0. The molecule has 0 atom stereocenters. The summed E-state index contributed by atoms with van der Waals surface area (Å²) in [5.74, 6) is 0.394. The second-order valence-electron chi connectivity index (χ2n) is 7.33. The van der Waals surface area contributed by atoms with Gasteiger partial charge in [0.05, 0.1) is 24.0 Å². The minimum atomic E-state index is -0.252. The molecule has 0 spiro atoms. The van der Waals surface area contributed by atoms with E-state index in [2.05, 4.69) is 15.0 Å². The van der Waals surface area contributed by atoms with Crippen molar-refractivity contribution in [2.45, 2.75) is 25.9 Å². The van der Waals surface area contributed by atoms with Gasteiger partial charge in [0.2, 0.25) is 5.89 Å². The molecule has 0 saturated carbocycles. The Bertz CT molecular complexity index is 1090. The van der Waals surface area contributed by atoms with Gasteiger partial charge in [0.15, 0.2) is 0 Å². The van der Waals surface area contributed by atoms with Crippen LogP contribution in [0.4, 0.5) is 4.39 Å². The Labute approximate surface area is 162 Å². The summed E-state index contributed by atoms with van der Waals surface area (Å²) in [5.41, 5.74) is 3.81. The highest BCUT2D eigenvalue weighted by Crippen LogP contribution is 2.22. The molecule has 2 aromatic heterocycles. The van der Waals surface area contributed by atoms with Crippen LogP contribution >= 0.6 is 0 Å². The van der Waals surface area contributed by atoms with Crippen molar-refractivity contribution >= 4 is 10.9 Å². The maximum absolute atomic E-state index is 13.5. The Hall–Kier alpha value is -2.99. The number of nitrogens with zero attached hydrogens (tertiary/aromatic N) is 4. The van der Waals surface area contributed by atoms with Crippen molar-refractivity contribution in [3.05, 3.63) is 72.0 Å². The molecule has 0 amide bonds. The van der Waals surface area contributed by atoms with Crippen LogP contribution in [-0.2, 0) is 13.1 Å². The largest absolute Gasteiger partial charge is 0.444 e. The second-order valence-corrected chi connectivity index (χ2v) is 7.33. The zero-order chi connectivity index (χ0) is 18.9. The molecule has 28 heavy (non-hydrogen) atoms. The van der Waals surface area contributed by atoms with Crippen LogP contribution in [0.1, 0.15) is 24.1 Å². The molecule has 0 aliphatic carbocycles. The minimum Gasteiger partial charge on any atom is -0.444 e. The summed E-state index contributed by atoms with van der Waals surface area (Å²) in [6, 6.07) is 12.8. The fraction of sp³-hybridized carbons (Fsp3) is 0.273. The van der Waals surface area contributed by atoms with E-state index < -0.39 is 0 Å². The lowest BCUT2D eigenvalue weighted by molar-refractivity contribution is 0.327. The molecular formula is C22H21FN4O. The maximum Gasteiger partial charge on any atom is 0.226 e. The standard InChI is InChI=1S/C22H21FN4O/c23-19-8-7-18-12-24-27(21(18)11-19)13-16-3-5-17(6-4-16)22-25-20(15-28-22)14-26-9-1-2-10-26/h3-8,11-12,15H,1-2,9-10,13-14H2. The van der Waals surface area contributed by atoms with E-state index in [1.54, 1.807) is 18.5 Å². The fourth-order valence-electron chi connectivity index (χ4n) is 3.78. The van der Waals surface area contributed by atoms with Gasteiger partial charge < -0.3 is 4.42 Å². The molecule has 1 saturated heterocycles. The Kier molecular flexibility index (Phi) is 4.41. The zero-order valence-electron chi connectivity index (χ0n) is 15.5. The van der Waals surface area contributed by atoms with E-state index >= 15 is 0 Å². The van der Waals surface area contributed by atoms with Crippen molar-refractivity contribution in [1.29, 1.82) is 0 Å². The molecule has 0 radical (unpaired) electrons. The van der Waals surface area contributed by atoms with Gasteiger partial charge in [-0.25, -0.2) is 9.37 Å². The molecule has 1 fully saturated rings. The van der Waals surface area contributed by atoms with Crippen molar-refractivity contribution < 1.29 is 8.81 Å². The van der Waals surface area contributed by atoms with Gasteiger partial charge in [-0.3, -0.25) is 9.58 Å². The van der Waals surface area contributed by atoms with Crippen molar-refractivity contribution in [3.63, 3.8) is 0 Å². The van der Waals surface area contributed by atoms with Crippen LogP contribution in [-0.4, -0.2) is 32.8 Å². The highest BCUT2D eigenvalue weighted by Gasteiger charge is 2.15. The monoisotopic (exact) mass is 376 g/mol. The number of hydrogen-bond acceptors (Lipinski definition) is 4. The Morgan fingerprint density at radius 2 is 1.82 bits per heavy atom. The third-order valence-corrected chi connectivity index (χ3v) is 5.28. The molecule has 0 N–H and O–H groups in total. The van der Waals surface area contributed by atoms with Crippen LogP contribution in [0.25, 0.3) is 22.4 Å². The van der Waals surface area contributed by atoms with Gasteiger partial charge in [-0.05, 0) is 61.8 Å². The highest BCUT2D eigenvalue weighted by molar-refractivity contribution is 5.78. The third-order valence-electron chi connectivity index (χ3n) is 5.28. The van der Waals surface area contributed by atoms with Gasteiger partial charge in [0.1, 0.15) is 12.1 Å². The molecule has 5 nitrogen and oxygen atoms in total. The average Bonchev–Trinajstić information content (AvgIpc) is 3.45. The van der Waals surface area contributed by atoms with E-state index in [0.29, 0.717) is 12.4 Å². The maximum atomic E-state index is 13.5. The molecule has 142 valence electrons. The third kappa shape index (κ3) is 3.43. The molecule has 1 aliphatic heterocycles. The summed E-state index contributed by atoms with van der Waals surface area (Å²) < 4.78 is 21.0. The van der Waals surface area contributed by atoms with E-state index in [9.17, 15) is 4.39 Å². The lowest BCUT2D eigenvalue weighted by atomic mass is 10.1. The zero-order valence-corrected chi connectivity index (χ0v) is 15.5. The number of likely N-dealkylation sites (tertiary alicyclic amines) is 1. The van der Waals surface area contributed by atoms with Crippen LogP contribution in [0.3, 0.4) is 0 Å². The first-order valence-electron chi connectivity index (χ1n) is 9.62. The van der Waals surface area contributed by atoms with Crippen LogP contribution in [0.15, 0.2) is 59.3 Å². The lowest BCUT2D eigenvalue weighted by Crippen LogP contribution is -2.18. The molecule has 1 aliphatic rings. The summed E-state index contributed by atoms with van der Waals surface area (Å²) >= 11 is 0. The lowest BCUT2D eigenvalue weighted by Gasteiger charge is -2.11. The minimum absolute atomic E-state index is 0.252. The van der Waals surface area contributed by atoms with Gasteiger partial charge in [-0.1, -0.05) is 12.1 Å². The van der Waals surface area contributed by atoms with Crippen LogP contribution in [0.2, 0.25) is 0 Å². The van der Waals surface area contributed by atoms with Crippen LogP contribution in [0.5, 0.6) is 0 Å². The molecule has 0 bridgehead atoms. The van der Waals surface area contributed by atoms with Crippen molar-refractivity contribution in [3.8, 4) is 11.5 Å². The first kappa shape index (κ1) is 17.1. The number of aromatic nitrogens is 3. The Morgan fingerprint density at radius 1 is 1.00 bits per heavy atom. The number of oxazole rings is 1. The molecule has 4 aromatic rings. The first-order valence-corrected chi connectivity index (χ1v) is 9.62. The molecular weight excluding hydrogens is 355 g/mol. The van der Waals surface area contributed by atoms with Crippen molar-refractivity contribution in [2.24, 2.45) is 0 Å². The summed E-state index contributed by atoms with van der Waals surface area (Å²) in [5, 5.41) is 5.31. The molecule has 0 unspecified atom stereocenters. The Balaban J connectivity index is 1.31. The molecule has 2 aromatic carbocycles. The predicted molar refractivity (Wildman–Crippen MR) is 105 cm³/mol. The summed E-state index contributed by atoms with van der Waals surface area (Å²) in [6.07, 6.45) is 6.05. The van der Waals surface area contributed by atoms with E-state index in [0.717, 1.165) is 47.4 Å². The SMILES string of the molecule is Fc1ccc2cnn(Cc3ccc(-c4nc(CN5CCCC5)co4)cc3)c2c1. The van der Waals surface area contributed by atoms with E-state index in [1.165, 1.54) is 25.0 Å². The van der Waals surface area contributed by atoms with Crippen LogP contribution in [0, 0.1) is 5.82 Å². The highest BCUT2D eigenvalue weighted by atomic mass is 19.1. The molecule has 3 heterocycles. The number of benzene rings is 2. The number of rotatable bonds is 5. The molecule has 6 heteroatoms. The van der Waals surface area contributed by atoms with Crippen molar-refractivity contribution in [1.82, 2.24) is 19.7 Å². The quantitative estimate of drug-likeness (QED) is 0.515. The number of halogens is 1. The average molecular weight is 376 g/mol. The topological polar surface area (TPSA) is 47.1 Å². The van der Waals surface area contributed by atoms with Gasteiger partial charge >= 0.3 is 0 Å². The van der Waals surface area contributed by atoms with Gasteiger partial charge in [-0.2, -0.15) is 5.10 Å². The van der Waals surface area contributed by atoms with Gasteiger partial charge in [0.25, 0.3) is 0 Å². The fourth-order valence-corrected chi connectivity index (χ4v) is 3.78. The van der Waals surface area contributed by atoms with E-state index in [4.69, 9.17) is 4.42 Å². The summed E-state index contributed by atoms with van der Waals surface area (Å²) in [4.78, 5) is 7.04. The summed E-state index contributed by atoms with van der Waals surface area (Å²) in [6.45, 7) is 3.72. The molecule has 5 rings (SSSR count). The first-order chi connectivity index (χ1) is 13.7. The van der Waals surface area contributed by atoms with Gasteiger partial charge in [-0.15, -0.1) is 0 Å². The van der Waals surface area contributed by atoms with E-state index in [-0.39, 0.29) is 5.82 Å². The predicted octanol–water partition coefficient (Wildman–Crippen LogP) is 4.47. The number of fused-ring (bicyclic) bond motifs is 1. The normalized spacial score (nSPS) is 14.9. The van der Waals surface area contributed by atoms with Gasteiger partial charge in [0, 0.05) is 17.5 Å². The smallest absolute Gasteiger partial charge is 0.226 e. The second kappa shape index (κ2) is 7.20. The van der Waals surface area contributed by atoms with E-state index in [1.807, 2.05) is 28.9 Å².